The average Bonchev–Trinajstić information content (AvgIpc) is 3.45. The number of ether oxygens (including phenoxy) is 1. The third-order valence-electron chi connectivity index (χ3n) is 7.04. The second-order valence-corrected chi connectivity index (χ2v) is 11.1. The van der Waals surface area contributed by atoms with E-state index in [0.717, 1.165) is 40.6 Å². The summed E-state index contributed by atoms with van der Waals surface area (Å²) < 4.78 is 10.4. The van der Waals surface area contributed by atoms with Crippen LogP contribution >= 0.6 is 0 Å². The van der Waals surface area contributed by atoms with Crippen LogP contribution in [0.2, 0.25) is 0 Å². The second kappa shape index (κ2) is 13.0. The van der Waals surface area contributed by atoms with Gasteiger partial charge in [-0.15, -0.1) is 0 Å². The Labute approximate surface area is 255 Å². The third-order valence-corrected chi connectivity index (χ3v) is 7.04. The highest BCUT2D eigenvalue weighted by atomic mass is 16.5. The number of carbonyl (C=O) groups excluding carboxylic acids is 1. The second-order valence-electron chi connectivity index (χ2n) is 11.1. The van der Waals surface area contributed by atoms with Gasteiger partial charge in [0, 0.05) is 29.5 Å². The first-order chi connectivity index (χ1) is 21.2. The zero-order valence-corrected chi connectivity index (χ0v) is 24.9. The van der Waals surface area contributed by atoms with Crippen molar-refractivity contribution < 1.29 is 19.2 Å². The van der Waals surface area contributed by atoms with E-state index in [1.54, 1.807) is 49.1 Å². The van der Waals surface area contributed by atoms with Crippen LogP contribution in [0.1, 0.15) is 39.2 Å². The highest BCUT2D eigenvalue weighted by Gasteiger charge is 2.31. The summed E-state index contributed by atoms with van der Waals surface area (Å²) in [5.41, 5.74) is 4.62. The number of aromatic nitrogens is 2. The van der Waals surface area contributed by atoms with E-state index in [-0.39, 0.29) is 12.5 Å². The van der Waals surface area contributed by atoms with Crippen LogP contribution in [0.4, 0.5) is 5.69 Å². The minimum absolute atomic E-state index is 0.132. The van der Waals surface area contributed by atoms with Crippen molar-refractivity contribution in [1.82, 2.24) is 15.5 Å². The molecule has 5 rings (SSSR count). The van der Waals surface area contributed by atoms with Crippen LogP contribution < -0.4 is 20.7 Å². The van der Waals surface area contributed by atoms with Crippen LogP contribution in [-0.2, 0) is 11.2 Å². The van der Waals surface area contributed by atoms with Crippen molar-refractivity contribution in [3.05, 3.63) is 112 Å². The summed E-state index contributed by atoms with van der Waals surface area (Å²) in [6, 6.07) is 22.6. The maximum atomic E-state index is 14.1. The number of rotatable bonds is 11. The van der Waals surface area contributed by atoms with Crippen LogP contribution in [0.15, 0.2) is 105 Å². The van der Waals surface area contributed by atoms with E-state index >= 15 is 0 Å². The lowest BCUT2D eigenvalue weighted by atomic mass is 9.94. The molecule has 3 aromatic carbocycles. The van der Waals surface area contributed by atoms with E-state index in [1.165, 1.54) is 0 Å². The van der Waals surface area contributed by atoms with Crippen LogP contribution in [0, 0.1) is 5.41 Å². The monoisotopic (exact) mass is 593 g/mol. The van der Waals surface area contributed by atoms with Crippen molar-refractivity contribution in [2.75, 3.05) is 11.5 Å². The molecule has 0 fully saturated rings. The van der Waals surface area contributed by atoms with Gasteiger partial charge >= 0.3 is 5.76 Å². The molecule has 4 N–H and O–H groups in total. The molecule has 2 heterocycles. The Kier molecular flexibility index (Phi) is 8.91. The van der Waals surface area contributed by atoms with Crippen LogP contribution in [0.5, 0.6) is 5.75 Å². The van der Waals surface area contributed by atoms with E-state index in [9.17, 15) is 14.7 Å². The van der Waals surface area contributed by atoms with E-state index in [1.807, 2.05) is 48.5 Å². The third kappa shape index (κ3) is 6.87. The van der Waals surface area contributed by atoms with E-state index < -0.39 is 11.4 Å². The SMILES string of the molecule is CCCC1=C(Cc2ccc(-c3ccccc3-c3noc(=O)[nH]3)cc2)C(=O)N(c2ccc(OCC(C)(C)O)cc2)/C(=C/C=N)N1. The summed E-state index contributed by atoms with van der Waals surface area (Å²) in [5.74, 6) is 0.642. The average molecular weight is 594 g/mol. The number of nitrogens with one attached hydrogen (secondary N) is 3. The number of hydrogen-bond acceptors (Lipinski definition) is 8. The maximum Gasteiger partial charge on any atom is 0.439 e. The van der Waals surface area contributed by atoms with Crippen molar-refractivity contribution in [2.45, 2.75) is 45.6 Å². The molecule has 10 heteroatoms. The highest BCUT2D eigenvalue weighted by Crippen LogP contribution is 2.33. The zero-order chi connectivity index (χ0) is 31.3. The Balaban J connectivity index is 1.43. The minimum Gasteiger partial charge on any atom is -0.491 e. The van der Waals surface area contributed by atoms with Gasteiger partial charge in [-0.3, -0.25) is 19.2 Å². The minimum atomic E-state index is -0.973. The van der Waals surface area contributed by atoms with Gasteiger partial charge in [-0.25, -0.2) is 4.79 Å². The normalized spacial score (nSPS) is 14.6. The predicted octanol–water partition coefficient (Wildman–Crippen LogP) is 5.57. The van der Waals surface area contributed by atoms with Crippen LogP contribution in [0.25, 0.3) is 22.5 Å². The topological polar surface area (TPSA) is 145 Å². The fourth-order valence-electron chi connectivity index (χ4n) is 5.00. The number of anilines is 1. The molecule has 1 amide bonds. The molecule has 1 aliphatic rings. The van der Waals surface area contributed by atoms with Gasteiger partial charge < -0.3 is 20.6 Å². The standard InChI is InChI=1S/C34H35N5O5/c1-4-7-29-28(20-22-10-12-23(13-11-22)26-8-5-6-9-27(26)31-37-33(41)44-38-31)32(40)39(30(36-29)18-19-35)24-14-16-25(17-15-24)43-21-34(2,3)42/h5-6,8-19,35-36,42H,4,7,20-21H2,1-3H3,(H,37,38,41)/b30-18+,35-19?. The summed E-state index contributed by atoms with van der Waals surface area (Å²) >= 11 is 0. The number of benzene rings is 3. The van der Waals surface area contributed by atoms with Gasteiger partial charge in [-0.1, -0.05) is 67.0 Å². The summed E-state index contributed by atoms with van der Waals surface area (Å²) in [7, 11) is 0. The van der Waals surface area contributed by atoms with Gasteiger partial charge in [-0.2, -0.15) is 0 Å². The maximum absolute atomic E-state index is 14.1. The van der Waals surface area contributed by atoms with Crippen LogP contribution in [-0.4, -0.2) is 39.6 Å². The first-order valence-corrected chi connectivity index (χ1v) is 14.4. The number of amides is 1. The van der Waals surface area contributed by atoms with Gasteiger partial charge in [0.1, 0.15) is 18.2 Å². The Morgan fingerprint density at radius 1 is 1.02 bits per heavy atom. The molecule has 0 atom stereocenters. The Morgan fingerprint density at radius 3 is 2.34 bits per heavy atom. The molecule has 0 radical (unpaired) electrons. The summed E-state index contributed by atoms with van der Waals surface area (Å²) in [4.78, 5) is 29.9. The van der Waals surface area contributed by atoms with Crippen molar-refractivity contribution in [3.63, 3.8) is 0 Å². The smallest absolute Gasteiger partial charge is 0.439 e. The molecule has 44 heavy (non-hydrogen) atoms. The number of hydrogen-bond donors (Lipinski definition) is 4. The lowest BCUT2D eigenvalue weighted by molar-refractivity contribution is -0.115. The van der Waals surface area contributed by atoms with Gasteiger partial charge in [-0.05, 0) is 67.3 Å². The number of aromatic amines is 1. The Bertz CT molecular complexity index is 1760. The molecule has 1 aromatic heterocycles. The summed E-state index contributed by atoms with van der Waals surface area (Å²) in [6.45, 7) is 5.53. The number of H-pyrrole nitrogens is 1. The molecule has 0 saturated carbocycles. The fraction of sp³-hybridized carbons (Fsp3) is 0.235. The first kappa shape index (κ1) is 30.2. The van der Waals surface area contributed by atoms with Gasteiger partial charge in [0.15, 0.2) is 5.82 Å². The van der Waals surface area contributed by atoms with Crippen LogP contribution in [0.3, 0.4) is 0 Å². The quantitative estimate of drug-likeness (QED) is 0.166. The molecule has 0 aliphatic carbocycles. The molecule has 0 unspecified atom stereocenters. The summed E-state index contributed by atoms with van der Waals surface area (Å²) in [5, 5.41) is 24.9. The Morgan fingerprint density at radius 2 is 1.73 bits per heavy atom. The van der Waals surface area contributed by atoms with E-state index in [4.69, 9.17) is 14.7 Å². The van der Waals surface area contributed by atoms with Crippen molar-refractivity contribution >= 4 is 17.8 Å². The zero-order valence-electron chi connectivity index (χ0n) is 24.9. The molecule has 0 spiro atoms. The molecule has 0 bridgehead atoms. The van der Waals surface area contributed by atoms with Gasteiger partial charge in [0.25, 0.3) is 5.91 Å². The molecule has 226 valence electrons. The molecule has 10 nitrogen and oxygen atoms in total. The number of carbonyl (C=O) groups is 1. The largest absolute Gasteiger partial charge is 0.491 e. The van der Waals surface area contributed by atoms with Crippen molar-refractivity contribution in [3.8, 4) is 28.3 Å². The molecular formula is C34H35N5O5. The number of aliphatic hydroxyl groups is 1. The number of allylic oxidation sites excluding steroid dienone is 2. The van der Waals surface area contributed by atoms with E-state index in [2.05, 4.69) is 22.4 Å². The van der Waals surface area contributed by atoms with Gasteiger partial charge in [0.2, 0.25) is 0 Å². The highest BCUT2D eigenvalue weighted by molar-refractivity contribution is 6.10. The Hall–Kier alpha value is -5.22. The van der Waals surface area contributed by atoms with Gasteiger partial charge in [0.05, 0.1) is 11.3 Å². The fourth-order valence-corrected chi connectivity index (χ4v) is 5.00. The summed E-state index contributed by atoms with van der Waals surface area (Å²) in [6.07, 6.45) is 4.64. The van der Waals surface area contributed by atoms with Crippen molar-refractivity contribution in [2.24, 2.45) is 0 Å². The lowest BCUT2D eigenvalue weighted by Gasteiger charge is -2.34. The number of nitrogens with zero attached hydrogens (tertiary/aromatic N) is 2. The molecule has 0 saturated heterocycles. The molecular weight excluding hydrogens is 558 g/mol. The lowest BCUT2D eigenvalue weighted by Crippen LogP contribution is -2.44. The molecule has 1 aliphatic heterocycles. The van der Waals surface area contributed by atoms with Crippen molar-refractivity contribution in [1.29, 1.82) is 5.41 Å². The van der Waals surface area contributed by atoms with E-state index in [0.29, 0.717) is 41.5 Å². The first-order valence-electron chi connectivity index (χ1n) is 14.4. The molecule has 4 aromatic rings. The predicted molar refractivity (Wildman–Crippen MR) is 169 cm³/mol.